The van der Waals surface area contributed by atoms with Crippen LogP contribution in [0.25, 0.3) is 0 Å². The molecule has 3 N–H and O–H groups in total. The fourth-order valence-electron chi connectivity index (χ4n) is 2.55. The molecule has 1 aromatic heterocycles. The highest BCUT2D eigenvalue weighted by Gasteiger charge is 2.17. The topological polar surface area (TPSA) is 54.2 Å². The second kappa shape index (κ2) is 6.99. The molecule has 0 saturated carbocycles. The van der Waals surface area contributed by atoms with E-state index < -0.39 is 0 Å². The minimum atomic E-state index is 0.433. The second-order valence-electron chi connectivity index (χ2n) is 5.65. The van der Waals surface area contributed by atoms with Crippen LogP contribution in [0.3, 0.4) is 0 Å². The molecule has 1 aromatic rings. The third-order valence-electron chi connectivity index (χ3n) is 3.64. The van der Waals surface area contributed by atoms with Crippen molar-refractivity contribution < 1.29 is 0 Å². The Bertz CT molecular complexity index is 485. The Labute approximate surface area is 126 Å². The zero-order chi connectivity index (χ0) is 14.5. The number of aromatic nitrogens is 1. The maximum Gasteiger partial charge on any atom is 0.136 e. The maximum atomic E-state index is 5.82. The molecule has 0 bridgehead atoms. The van der Waals surface area contributed by atoms with Crippen molar-refractivity contribution in [2.75, 3.05) is 32.5 Å². The number of pyridine rings is 1. The summed E-state index contributed by atoms with van der Waals surface area (Å²) in [6.07, 6.45) is 5.65. The monoisotopic (exact) mass is 292 g/mol. The highest BCUT2D eigenvalue weighted by atomic mass is 32.1. The van der Waals surface area contributed by atoms with Gasteiger partial charge in [-0.15, -0.1) is 0 Å². The summed E-state index contributed by atoms with van der Waals surface area (Å²) in [7, 11) is 4.20. The molecule has 1 aliphatic carbocycles. The largest absolute Gasteiger partial charge is 0.389 e. The van der Waals surface area contributed by atoms with Crippen molar-refractivity contribution in [1.82, 2.24) is 9.88 Å². The smallest absolute Gasteiger partial charge is 0.136 e. The van der Waals surface area contributed by atoms with Crippen molar-refractivity contribution in [3.63, 3.8) is 0 Å². The molecule has 1 aliphatic rings. The molecule has 0 amide bonds. The first kappa shape index (κ1) is 15.2. The molecule has 2 rings (SSSR count). The van der Waals surface area contributed by atoms with E-state index in [0.29, 0.717) is 4.99 Å². The predicted molar refractivity (Wildman–Crippen MR) is 88.4 cm³/mol. The van der Waals surface area contributed by atoms with Gasteiger partial charge in [0.05, 0.1) is 5.56 Å². The lowest BCUT2D eigenvalue weighted by atomic mass is 10.1. The standard InChI is InChI=1S/C15H24N4S/c1-19(2)9-4-3-8-17-15-12(14(16)20)10-11-6-5-7-13(11)18-15/h10H,3-9H2,1-2H3,(H2,16,20)(H,17,18). The molecule has 0 radical (unpaired) electrons. The summed E-state index contributed by atoms with van der Waals surface area (Å²) < 4.78 is 0. The average Bonchev–Trinajstić information content (AvgIpc) is 2.83. The van der Waals surface area contributed by atoms with Gasteiger partial charge >= 0.3 is 0 Å². The number of hydrogen-bond donors (Lipinski definition) is 2. The van der Waals surface area contributed by atoms with Crippen molar-refractivity contribution in [2.45, 2.75) is 32.1 Å². The van der Waals surface area contributed by atoms with E-state index in [0.717, 1.165) is 43.7 Å². The van der Waals surface area contributed by atoms with Gasteiger partial charge in [0.1, 0.15) is 10.8 Å². The Hall–Kier alpha value is -1.20. The second-order valence-corrected chi connectivity index (χ2v) is 6.09. The van der Waals surface area contributed by atoms with Crippen LogP contribution in [0.4, 0.5) is 5.82 Å². The van der Waals surface area contributed by atoms with Crippen molar-refractivity contribution in [3.8, 4) is 0 Å². The average molecular weight is 292 g/mol. The Morgan fingerprint density at radius 1 is 1.40 bits per heavy atom. The van der Waals surface area contributed by atoms with Gasteiger partial charge < -0.3 is 16.0 Å². The predicted octanol–water partition coefficient (Wildman–Crippen LogP) is 1.96. The molecule has 20 heavy (non-hydrogen) atoms. The van der Waals surface area contributed by atoms with E-state index in [2.05, 4.69) is 30.4 Å². The quantitative estimate of drug-likeness (QED) is 0.594. The van der Waals surface area contributed by atoms with Gasteiger partial charge in [-0.1, -0.05) is 12.2 Å². The van der Waals surface area contributed by atoms with Crippen LogP contribution in [0, 0.1) is 0 Å². The number of nitrogens with zero attached hydrogens (tertiary/aromatic N) is 2. The molecule has 5 heteroatoms. The number of anilines is 1. The van der Waals surface area contributed by atoms with Gasteiger partial charge in [0.2, 0.25) is 0 Å². The zero-order valence-corrected chi connectivity index (χ0v) is 13.2. The summed E-state index contributed by atoms with van der Waals surface area (Å²) in [5.74, 6) is 0.864. The molecule has 4 nitrogen and oxygen atoms in total. The normalized spacial score (nSPS) is 13.6. The lowest BCUT2D eigenvalue weighted by Crippen LogP contribution is -2.17. The lowest BCUT2D eigenvalue weighted by Gasteiger charge is -2.13. The van der Waals surface area contributed by atoms with Crippen LogP contribution in [0.1, 0.15) is 36.1 Å². The van der Waals surface area contributed by atoms with Gasteiger partial charge in [0.25, 0.3) is 0 Å². The van der Waals surface area contributed by atoms with Gasteiger partial charge in [-0.05, 0) is 64.4 Å². The first-order valence-corrected chi connectivity index (χ1v) is 7.70. The first-order valence-electron chi connectivity index (χ1n) is 7.29. The van der Waals surface area contributed by atoms with E-state index >= 15 is 0 Å². The summed E-state index contributed by atoms with van der Waals surface area (Å²) in [5.41, 5.74) is 9.24. The molecular weight excluding hydrogens is 268 g/mol. The number of hydrogen-bond acceptors (Lipinski definition) is 4. The molecule has 0 aromatic carbocycles. The van der Waals surface area contributed by atoms with Crippen molar-refractivity contribution in [1.29, 1.82) is 0 Å². The van der Waals surface area contributed by atoms with Crippen molar-refractivity contribution in [2.24, 2.45) is 5.73 Å². The van der Waals surface area contributed by atoms with Crippen LogP contribution in [-0.4, -0.2) is 42.1 Å². The third-order valence-corrected chi connectivity index (χ3v) is 3.86. The number of thiocarbonyl (C=S) groups is 1. The molecule has 0 aliphatic heterocycles. The van der Waals surface area contributed by atoms with Crippen LogP contribution in [-0.2, 0) is 12.8 Å². The van der Waals surface area contributed by atoms with Gasteiger partial charge in [-0.25, -0.2) is 4.98 Å². The van der Waals surface area contributed by atoms with E-state index in [1.54, 1.807) is 0 Å². The molecule has 0 atom stereocenters. The van der Waals surface area contributed by atoms with E-state index in [4.69, 9.17) is 22.9 Å². The molecular formula is C15H24N4S. The van der Waals surface area contributed by atoms with Gasteiger partial charge in [0.15, 0.2) is 0 Å². The minimum absolute atomic E-state index is 0.433. The van der Waals surface area contributed by atoms with Crippen LogP contribution in [0.5, 0.6) is 0 Å². The van der Waals surface area contributed by atoms with Gasteiger partial charge in [-0.2, -0.15) is 0 Å². The lowest BCUT2D eigenvalue weighted by molar-refractivity contribution is 0.396. The van der Waals surface area contributed by atoms with Crippen LogP contribution in [0.2, 0.25) is 0 Å². The Morgan fingerprint density at radius 2 is 2.20 bits per heavy atom. The first-order chi connectivity index (χ1) is 9.58. The number of unbranched alkanes of at least 4 members (excludes halogenated alkanes) is 1. The number of nitrogens with two attached hydrogens (primary N) is 1. The Kier molecular flexibility index (Phi) is 5.31. The zero-order valence-electron chi connectivity index (χ0n) is 12.4. The molecule has 0 unspecified atom stereocenters. The number of aryl methyl sites for hydroxylation is 2. The van der Waals surface area contributed by atoms with Crippen LogP contribution >= 0.6 is 12.2 Å². The summed E-state index contributed by atoms with van der Waals surface area (Å²) >= 11 is 5.15. The molecule has 110 valence electrons. The minimum Gasteiger partial charge on any atom is -0.389 e. The van der Waals surface area contributed by atoms with Gasteiger partial charge in [0, 0.05) is 12.2 Å². The fraction of sp³-hybridized carbons (Fsp3) is 0.600. The van der Waals surface area contributed by atoms with E-state index in [1.807, 2.05) is 0 Å². The molecule has 0 spiro atoms. The summed E-state index contributed by atoms with van der Waals surface area (Å²) in [4.78, 5) is 7.35. The third kappa shape index (κ3) is 3.90. The molecule has 0 fully saturated rings. The van der Waals surface area contributed by atoms with E-state index in [-0.39, 0.29) is 0 Å². The molecule has 0 saturated heterocycles. The SMILES string of the molecule is CN(C)CCCCNc1nc2c(cc1C(N)=S)CCC2. The van der Waals surface area contributed by atoms with E-state index in [1.165, 1.54) is 24.1 Å². The summed E-state index contributed by atoms with van der Waals surface area (Å²) in [6, 6.07) is 2.12. The van der Waals surface area contributed by atoms with Crippen LogP contribution in [0.15, 0.2) is 6.07 Å². The van der Waals surface area contributed by atoms with Crippen molar-refractivity contribution in [3.05, 3.63) is 22.9 Å². The number of nitrogens with one attached hydrogen (secondary N) is 1. The van der Waals surface area contributed by atoms with Gasteiger partial charge in [-0.3, -0.25) is 0 Å². The summed E-state index contributed by atoms with van der Waals surface area (Å²) in [5, 5.41) is 3.40. The number of rotatable bonds is 7. The highest BCUT2D eigenvalue weighted by Crippen LogP contribution is 2.25. The highest BCUT2D eigenvalue weighted by molar-refractivity contribution is 7.80. The molecule has 1 heterocycles. The maximum absolute atomic E-state index is 5.82. The Balaban J connectivity index is 1.98. The Morgan fingerprint density at radius 3 is 2.90 bits per heavy atom. The number of fused-ring (bicyclic) bond motifs is 1. The fourth-order valence-corrected chi connectivity index (χ4v) is 2.71. The van der Waals surface area contributed by atoms with E-state index in [9.17, 15) is 0 Å². The summed E-state index contributed by atoms with van der Waals surface area (Å²) in [6.45, 7) is 2.02. The van der Waals surface area contributed by atoms with Crippen molar-refractivity contribution >= 4 is 23.0 Å². The van der Waals surface area contributed by atoms with Crippen LogP contribution < -0.4 is 11.1 Å².